The molecule has 0 aliphatic heterocycles. The van der Waals surface area contributed by atoms with E-state index in [0.29, 0.717) is 0 Å². The predicted molar refractivity (Wildman–Crippen MR) is 68.1 cm³/mol. The van der Waals surface area contributed by atoms with Gasteiger partial charge in [-0.15, -0.1) is 0 Å². The van der Waals surface area contributed by atoms with Crippen molar-refractivity contribution < 1.29 is 4.74 Å². The van der Waals surface area contributed by atoms with Crippen LogP contribution in [0.4, 0.5) is 0 Å². The number of H-pyrrole nitrogens is 1. The van der Waals surface area contributed by atoms with Crippen LogP contribution >= 0.6 is 0 Å². The molecule has 3 nitrogen and oxygen atoms in total. The molecule has 0 aliphatic carbocycles. The predicted octanol–water partition coefficient (Wildman–Crippen LogP) is 3.24. The van der Waals surface area contributed by atoms with Crippen LogP contribution in [0.5, 0.6) is 5.75 Å². The molecule has 0 saturated carbocycles. The molecule has 0 spiro atoms. The maximum atomic E-state index is 5.18. The number of pyridine rings is 1. The van der Waals surface area contributed by atoms with Gasteiger partial charge in [-0.05, 0) is 35.2 Å². The number of benzene rings is 1. The lowest BCUT2D eigenvalue weighted by molar-refractivity contribution is 0.413. The summed E-state index contributed by atoms with van der Waals surface area (Å²) < 4.78 is 5.18. The smallest absolute Gasteiger partial charge is 0.137 e. The van der Waals surface area contributed by atoms with Gasteiger partial charge in [0.05, 0.1) is 13.3 Å². The average molecular weight is 224 g/mol. The summed E-state index contributed by atoms with van der Waals surface area (Å²) in [4.78, 5) is 7.35. The van der Waals surface area contributed by atoms with Gasteiger partial charge in [-0.25, -0.2) is 0 Å². The van der Waals surface area contributed by atoms with Gasteiger partial charge in [-0.2, -0.15) is 0 Å². The van der Waals surface area contributed by atoms with Gasteiger partial charge < -0.3 is 9.72 Å². The first-order valence-electron chi connectivity index (χ1n) is 5.43. The van der Waals surface area contributed by atoms with Crippen LogP contribution in [-0.2, 0) is 0 Å². The zero-order chi connectivity index (χ0) is 11.7. The molecule has 0 radical (unpaired) electrons. The molecule has 2 heterocycles. The fraction of sp³-hybridized carbons (Fsp3) is 0.0714. The van der Waals surface area contributed by atoms with Crippen molar-refractivity contribution in [2.45, 2.75) is 0 Å². The number of fused-ring (bicyclic) bond motifs is 1. The summed E-state index contributed by atoms with van der Waals surface area (Å²) in [6, 6.07) is 10.3. The van der Waals surface area contributed by atoms with Crippen LogP contribution in [-0.4, -0.2) is 17.1 Å². The van der Waals surface area contributed by atoms with Crippen molar-refractivity contribution in [1.82, 2.24) is 9.97 Å². The van der Waals surface area contributed by atoms with Crippen molar-refractivity contribution in [2.75, 3.05) is 7.11 Å². The van der Waals surface area contributed by atoms with Gasteiger partial charge in [0, 0.05) is 23.5 Å². The van der Waals surface area contributed by atoms with Crippen molar-refractivity contribution in [2.24, 2.45) is 0 Å². The lowest BCUT2D eigenvalue weighted by atomic mass is 10.1. The molecule has 3 heteroatoms. The third kappa shape index (κ3) is 1.76. The second-order valence-corrected chi connectivity index (χ2v) is 3.89. The number of nitrogens with one attached hydrogen (secondary N) is 1. The van der Waals surface area contributed by atoms with Crippen molar-refractivity contribution in [3.63, 3.8) is 0 Å². The maximum absolute atomic E-state index is 5.18. The van der Waals surface area contributed by atoms with E-state index in [1.54, 1.807) is 13.3 Å². The minimum atomic E-state index is 0.775. The molecule has 84 valence electrons. The van der Waals surface area contributed by atoms with Gasteiger partial charge in [-0.3, -0.25) is 4.98 Å². The molecule has 0 amide bonds. The molecule has 3 aromatic rings. The summed E-state index contributed by atoms with van der Waals surface area (Å²) in [5, 5.41) is 1.20. The number of aromatic nitrogens is 2. The van der Waals surface area contributed by atoms with Crippen LogP contribution in [0.2, 0.25) is 0 Å². The molecule has 0 fully saturated rings. The highest BCUT2D eigenvalue weighted by Crippen LogP contribution is 2.25. The van der Waals surface area contributed by atoms with Crippen LogP contribution in [0.3, 0.4) is 0 Å². The quantitative estimate of drug-likeness (QED) is 0.725. The molecule has 17 heavy (non-hydrogen) atoms. The van der Waals surface area contributed by atoms with Crippen molar-refractivity contribution >= 4 is 10.9 Å². The largest absolute Gasteiger partial charge is 0.495 e. The number of hydrogen-bond donors (Lipinski definition) is 1. The summed E-state index contributed by atoms with van der Waals surface area (Å²) in [5.41, 5.74) is 3.35. The monoisotopic (exact) mass is 224 g/mol. The first-order chi connectivity index (χ1) is 8.36. The Balaban J connectivity index is 2.12. The van der Waals surface area contributed by atoms with E-state index >= 15 is 0 Å². The normalized spacial score (nSPS) is 10.6. The average Bonchev–Trinajstić information content (AvgIpc) is 2.86. The molecular weight excluding hydrogens is 212 g/mol. The van der Waals surface area contributed by atoms with E-state index in [0.717, 1.165) is 22.4 Å². The van der Waals surface area contributed by atoms with E-state index in [1.165, 1.54) is 5.39 Å². The summed E-state index contributed by atoms with van der Waals surface area (Å²) in [6.07, 6.45) is 5.49. The maximum Gasteiger partial charge on any atom is 0.137 e. The number of aromatic amines is 1. The molecule has 3 rings (SSSR count). The first-order valence-corrected chi connectivity index (χ1v) is 5.43. The van der Waals surface area contributed by atoms with Gasteiger partial charge >= 0.3 is 0 Å². The Morgan fingerprint density at radius 1 is 1.06 bits per heavy atom. The Morgan fingerprint density at radius 2 is 2.00 bits per heavy atom. The van der Waals surface area contributed by atoms with Gasteiger partial charge in [0.1, 0.15) is 5.75 Å². The van der Waals surface area contributed by atoms with Crippen LogP contribution in [0.15, 0.2) is 48.9 Å². The molecule has 0 aliphatic rings. The van der Waals surface area contributed by atoms with E-state index in [1.807, 2.05) is 18.5 Å². The third-order valence-corrected chi connectivity index (χ3v) is 2.84. The van der Waals surface area contributed by atoms with Gasteiger partial charge in [0.15, 0.2) is 0 Å². The third-order valence-electron chi connectivity index (χ3n) is 2.84. The van der Waals surface area contributed by atoms with Crippen LogP contribution in [0.1, 0.15) is 0 Å². The minimum absolute atomic E-state index is 0.775. The fourth-order valence-electron chi connectivity index (χ4n) is 1.92. The van der Waals surface area contributed by atoms with Gasteiger partial charge in [-0.1, -0.05) is 6.07 Å². The Kier molecular flexibility index (Phi) is 2.29. The van der Waals surface area contributed by atoms with E-state index in [4.69, 9.17) is 4.74 Å². The fourth-order valence-corrected chi connectivity index (χ4v) is 1.92. The SMILES string of the molecule is COc1cncc(-c2ccc3[nH]ccc3c2)c1. The van der Waals surface area contributed by atoms with Crippen LogP contribution in [0, 0.1) is 0 Å². The zero-order valence-electron chi connectivity index (χ0n) is 9.47. The molecule has 0 bridgehead atoms. The van der Waals surface area contributed by atoms with Crippen LogP contribution in [0.25, 0.3) is 22.0 Å². The van der Waals surface area contributed by atoms with Crippen molar-refractivity contribution in [1.29, 1.82) is 0 Å². The Hall–Kier alpha value is -2.29. The van der Waals surface area contributed by atoms with E-state index in [-0.39, 0.29) is 0 Å². The topological polar surface area (TPSA) is 37.9 Å². The molecule has 0 saturated heterocycles. The summed E-state index contributed by atoms with van der Waals surface area (Å²) in [6.45, 7) is 0. The second-order valence-electron chi connectivity index (χ2n) is 3.89. The number of ether oxygens (including phenoxy) is 1. The number of rotatable bonds is 2. The van der Waals surface area contributed by atoms with E-state index < -0.39 is 0 Å². The van der Waals surface area contributed by atoms with E-state index in [2.05, 4.69) is 34.2 Å². The first kappa shape index (κ1) is 9.90. The zero-order valence-corrected chi connectivity index (χ0v) is 9.47. The molecule has 0 atom stereocenters. The van der Waals surface area contributed by atoms with Gasteiger partial charge in [0.2, 0.25) is 0 Å². The van der Waals surface area contributed by atoms with Crippen molar-refractivity contribution in [3.05, 3.63) is 48.9 Å². The van der Waals surface area contributed by atoms with Gasteiger partial charge in [0.25, 0.3) is 0 Å². The summed E-state index contributed by atoms with van der Waals surface area (Å²) in [5.74, 6) is 0.775. The highest BCUT2D eigenvalue weighted by Gasteiger charge is 2.02. The van der Waals surface area contributed by atoms with Crippen LogP contribution < -0.4 is 4.74 Å². The Morgan fingerprint density at radius 3 is 2.88 bits per heavy atom. The highest BCUT2D eigenvalue weighted by molar-refractivity contribution is 5.85. The number of methoxy groups -OCH3 is 1. The molecule has 0 unspecified atom stereocenters. The summed E-state index contributed by atoms with van der Waals surface area (Å²) in [7, 11) is 1.65. The lowest BCUT2D eigenvalue weighted by Crippen LogP contribution is -1.86. The molecule has 1 aromatic carbocycles. The van der Waals surface area contributed by atoms with Crippen molar-refractivity contribution in [3.8, 4) is 16.9 Å². The second kappa shape index (κ2) is 3.94. The lowest BCUT2D eigenvalue weighted by Gasteiger charge is -2.04. The summed E-state index contributed by atoms with van der Waals surface area (Å²) >= 11 is 0. The van der Waals surface area contributed by atoms with E-state index in [9.17, 15) is 0 Å². The number of nitrogens with zero attached hydrogens (tertiary/aromatic N) is 1. The molecule has 1 N–H and O–H groups in total. The highest BCUT2D eigenvalue weighted by atomic mass is 16.5. The minimum Gasteiger partial charge on any atom is -0.495 e. The molecular formula is C14H12N2O. The number of hydrogen-bond acceptors (Lipinski definition) is 2. The Labute approximate surface area is 99.1 Å². The molecule has 2 aromatic heterocycles. The standard InChI is InChI=1S/C14H12N2O/c1-17-13-7-12(8-15-9-13)10-2-3-14-11(6-10)4-5-16-14/h2-9,16H,1H3. The Bertz CT molecular complexity index is 658.